The lowest BCUT2D eigenvalue weighted by Gasteiger charge is -2.22. The van der Waals surface area contributed by atoms with E-state index in [4.69, 9.17) is 10.3 Å². The third-order valence-electron chi connectivity index (χ3n) is 4.05. The number of aromatic nitrogens is 2. The predicted octanol–water partition coefficient (Wildman–Crippen LogP) is 2.07. The van der Waals surface area contributed by atoms with Crippen LogP contribution < -0.4 is 5.73 Å². The normalized spacial score (nSPS) is 18.7. The van der Waals surface area contributed by atoms with Crippen molar-refractivity contribution in [3.63, 3.8) is 0 Å². The fourth-order valence-electron chi connectivity index (χ4n) is 2.91. The number of carbonyl (C=O) groups is 1. The van der Waals surface area contributed by atoms with Crippen LogP contribution in [0.15, 0.2) is 28.8 Å². The Bertz CT molecular complexity index is 668. The van der Waals surface area contributed by atoms with Crippen LogP contribution in [0.2, 0.25) is 0 Å². The van der Waals surface area contributed by atoms with Gasteiger partial charge in [0.1, 0.15) is 0 Å². The molecule has 0 radical (unpaired) electrons. The molecule has 1 amide bonds. The van der Waals surface area contributed by atoms with E-state index in [0.29, 0.717) is 11.5 Å². The highest BCUT2D eigenvalue weighted by Crippen LogP contribution is 2.31. The number of primary amides is 1. The van der Waals surface area contributed by atoms with Gasteiger partial charge in [0.05, 0.1) is 6.04 Å². The minimum absolute atomic E-state index is 0.182. The number of hydrogen-bond acceptors (Lipinski definition) is 5. The fourth-order valence-corrected chi connectivity index (χ4v) is 2.91. The van der Waals surface area contributed by atoms with Crippen molar-refractivity contribution < 1.29 is 9.32 Å². The summed E-state index contributed by atoms with van der Waals surface area (Å²) in [7, 11) is 0. The van der Waals surface area contributed by atoms with Gasteiger partial charge in [-0.2, -0.15) is 4.98 Å². The van der Waals surface area contributed by atoms with Gasteiger partial charge in [0.2, 0.25) is 11.8 Å². The summed E-state index contributed by atoms with van der Waals surface area (Å²) in [5, 5.41) is 4.10. The molecule has 1 atom stereocenters. The number of likely N-dealkylation sites (tertiary alicyclic amines) is 1. The van der Waals surface area contributed by atoms with Gasteiger partial charge in [-0.05, 0) is 37.1 Å². The van der Waals surface area contributed by atoms with E-state index in [-0.39, 0.29) is 6.04 Å². The number of hydrogen-bond donors (Lipinski definition) is 1. The number of nitrogens with zero attached hydrogens (tertiary/aromatic N) is 3. The van der Waals surface area contributed by atoms with Gasteiger partial charge >= 0.3 is 0 Å². The Balaban J connectivity index is 1.76. The van der Waals surface area contributed by atoms with Crippen molar-refractivity contribution in [3.8, 4) is 0 Å². The zero-order valence-electron chi connectivity index (χ0n) is 12.7. The van der Waals surface area contributed by atoms with Gasteiger partial charge in [-0.1, -0.05) is 24.2 Å². The zero-order valence-corrected chi connectivity index (χ0v) is 12.7. The summed E-state index contributed by atoms with van der Waals surface area (Å²) in [5.74, 6) is 1.04. The molecule has 22 heavy (non-hydrogen) atoms. The minimum atomic E-state index is -0.398. The van der Waals surface area contributed by atoms with Crippen LogP contribution in [0.4, 0.5) is 0 Å². The first-order valence-corrected chi connectivity index (χ1v) is 7.62. The average molecular weight is 300 g/mol. The van der Waals surface area contributed by atoms with Crippen molar-refractivity contribution >= 4 is 5.91 Å². The maximum atomic E-state index is 11.3. The molecule has 0 bridgehead atoms. The molecule has 1 aromatic carbocycles. The Morgan fingerprint density at radius 3 is 3.09 bits per heavy atom. The van der Waals surface area contributed by atoms with Crippen LogP contribution in [0.1, 0.15) is 53.4 Å². The van der Waals surface area contributed by atoms with Crippen molar-refractivity contribution in [2.24, 2.45) is 5.73 Å². The summed E-state index contributed by atoms with van der Waals surface area (Å²) >= 11 is 0. The SMILES string of the molecule is CCc1nc([C@H]2CCCN2Cc2cccc(C(N)=O)c2)no1. The highest BCUT2D eigenvalue weighted by atomic mass is 16.5. The molecule has 116 valence electrons. The molecule has 0 saturated carbocycles. The molecule has 1 aromatic heterocycles. The first-order chi connectivity index (χ1) is 10.7. The monoisotopic (exact) mass is 300 g/mol. The molecule has 0 unspecified atom stereocenters. The van der Waals surface area contributed by atoms with Gasteiger partial charge in [-0.3, -0.25) is 9.69 Å². The third-order valence-corrected chi connectivity index (χ3v) is 4.05. The van der Waals surface area contributed by atoms with Crippen molar-refractivity contribution in [1.29, 1.82) is 0 Å². The molecule has 0 aliphatic carbocycles. The molecule has 6 heteroatoms. The molecule has 1 aliphatic heterocycles. The van der Waals surface area contributed by atoms with Gasteiger partial charge in [0.25, 0.3) is 0 Å². The van der Waals surface area contributed by atoms with Gasteiger partial charge in [-0.25, -0.2) is 0 Å². The Hall–Kier alpha value is -2.21. The molecule has 1 saturated heterocycles. The Kier molecular flexibility index (Phi) is 4.20. The van der Waals surface area contributed by atoms with E-state index in [0.717, 1.165) is 43.7 Å². The summed E-state index contributed by atoms with van der Waals surface area (Å²) in [4.78, 5) is 18.1. The largest absolute Gasteiger partial charge is 0.366 e. The third kappa shape index (κ3) is 3.01. The maximum Gasteiger partial charge on any atom is 0.248 e. The number of amides is 1. The standard InChI is InChI=1S/C16H20N4O2/c1-2-14-18-16(19-22-14)13-7-4-8-20(13)10-11-5-3-6-12(9-11)15(17)21/h3,5-6,9,13H,2,4,7-8,10H2,1H3,(H2,17,21)/t13-/m1/s1. The Morgan fingerprint density at radius 1 is 1.50 bits per heavy atom. The van der Waals surface area contributed by atoms with Crippen molar-refractivity contribution in [1.82, 2.24) is 15.0 Å². The molecule has 2 aromatic rings. The van der Waals surface area contributed by atoms with Crippen LogP contribution in [0, 0.1) is 0 Å². The van der Waals surface area contributed by atoms with Crippen LogP contribution in [0.3, 0.4) is 0 Å². The number of nitrogens with two attached hydrogens (primary N) is 1. The second-order valence-corrected chi connectivity index (χ2v) is 5.59. The molecule has 3 rings (SSSR count). The van der Waals surface area contributed by atoms with Crippen LogP contribution in [0.5, 0.6) is 0 Å². The molecule has 1 fully saturated rings. The van der Waals surface area contributed by atoms with E-state index in [1.165, 1.54) is 0 Å². The summed E-state index contributed by atoms with van der Waals surface area (Å²) in [5.41, 5.74) is 6.96. The van der Waals surface area contributed by atoms with Gasteiger partial charge < -0.3 is 10.3 Å². The summed E-state index contributed by atoms with van der Waals surface area (Å²) < 4.78 is 5.23. The topological polar surface area (TPSA) is 85.3 Å². The van der Waals surface area contributed by atoms with Crippen LogP contribution in [-0.2, 0) is 13.0 Å². The fraction of sp³-hybridized carbons (Fsp3) is 0.438. The number of carbonyl (C=O) groups excluding carboxylic acids is 1. The first kappa shape index (κ1) is 14.7. The van der Waals surface area contributed by atoms with Crippen LogP contribution in [-0.4, -0.2) is 27.5 Å². The lowest BCUT2D eigenvalue weighted by atomic mass is 10.1. The summed E-state index contributed by atoms with van der Waals surface area (Å²) in [6.45, 7) is 3.74. The molecular formula is C16H20N4O2. The zero-order chi connectivity index (χ0) is 15.5. The lowest BCUT2D eigenvalue weighted by Crippen LogP contribution is -2.24. The second kappa shape index (κ2) is 6.27. The number of rotatable bonds is 5. The van der Waals surface area contributed by atoms with Crippen molar-refractivity contribution in [2.75, 3.05) is 6.54 Å². The summed E-state index contributed by atoms with van der Waals surface area (Å²) in [6.07, 6.45) is 2.88. The second-order valence-electron chi connectivity index (χ2n) is 5.59. The van der Waals surface area contributed by atoms with Crippen LogP contribution >= 0.6 is 0 Å². The van der Waals surface area contributed by atoms with Gasteiger partial charge in [0.15, 0.2) is 5.82 Å². The minimum Gasteiger partial charge on any atom is -0.366 e. The quantitative estimate of drug-likeness (QED) is 0.913. The summed E-state index contributed by atoms with van der Waals surface area (Å²) in [6, 6.07) is 7.65. The van der Waals surface area contributed by atoms with E-state index in [2.05, 4.69) is 15.0 Å². The van der Waals surface area contributed by atoms with E-state index in [1.54, 1.807) is 6.07 Å². The smallest absolute Gasteiger partial charge is 0.248 e. The van der Waals surface area contributed by atoms with Gasteiger partial charge in [-0.15, -0.1) is 0 Å². The molecule has 2 N–H and O–H groups in total. The molecule has 2 heterocycles. The molecule has 0 spiro atoms. The van der Waals surface area contributed by atoms with E-state index < -0.39 is 5.91 Å². The first-order valence-electron chi connectivity index (χ1n) is 7.62. The highest BCUT2D eigenvalue weighted by Gasteiger charge is 2.29. The Labute approximate surface area is 129 Å². The Morgan fingerprint density at radius 2 is 2.36 bits per heavy atom. The van der Waals surface area contributed by atoms with E-state index in [9.17, 15) is 4.79 Å². The molecule has 6 nitrogen and oxygen atoms in total. The van der Waals surface area contributed by atoms with Gasteiger partial charge in [0, 0.05) is 18.5 Å². The van der Waals surface area contributed by atoms with E-state index in [1.807, 2.05) is 25.1 Å². The average Bonchev–Trinajstić information content (AvgIpc) is 3.16. The number of aryl methyl sites for hydroxylation is 1. The lowest BCUT2D eigenvalue weighted by molar-refractivity contribution is 0.1000. The van der Waals surface area contributed by atoms with E-state index >= 15 is 0 Å². The number of benzene rings is 1. The maximum absolute atomic E-state index is 11.3. The van der Waals surface area contributed by atoms with Crippen molar-refractivity contribution in [2.45, 2.75) is 38.8 Å². The van der Waals surface area contributed by atoms with Crippen molar-refractivity contribution in [3.05, 3.63) is 47.1 Å². The molecule has 1 aliphatic rings. The highest BCUT2D eigenvalue weighted by molar-refractivity contribution is 5.92. The van der Waals surface area contributed by atoms with Crippen LogP contribution in [0.25, 0.3) is 0 Å². The predicted molar refractivity (Wildman–Crippen MR) is 81.0 cm³/mol. The molecular weight excluding hydrogens is 280 g/mol.